The third-order valence-corrected chi connectivity index (χ3v) is 7.26. The van der Waals surface area contributed by atoms with Gasteiger partial charge in [-0.05, 0) is 54.7 Å². The molecular formula is C24H22Cl2N6O. The van der Waals surface area contributed by atoms with Crippen LogP contribution in [0.5, 0.6) is 0 Å². The maximum Gasteiger partial charge on any atom is 0.265 e. The van der Waals surface area contributed by atoms with Crippen LogP contribution in [0.25, 0.3) is 0 Å². The van der Waals surface area contributed by atoms with Crippen LogP contribution in [0.4, 0.5) is 23.1 Å². The fourth-order valence-corrected chi connectivity index (χ4v) is 5.69. The molecule has 2 unspecified atom stereocenters. The number of anilines is 4. The molecule has 3 aromatic rings. The summed E-state index contributed by atoms with van der Waals surface area (Å²) in [5.41, 5.74) is 4.60. The largest absolute Gasteiger partial charge is 0.341 e. The highest BCUT2D eigenvalue weighted by atomic mass is 35.5. The molecule has 0 aliphatic carbocycles. The lowest BCUT2D eigenvalue weighted by molar-refractivity contribution is 0.0982. The highest BCUT2D eigenvalue weighted by molar-refractivity contribution is 6.40. The summed E-state index contributed by atoms with van der Waals surface area (Å²) in [4.78, 5) is 25.8. The molecule has 1 aromatic heterocycles. The first-order valence-corrected chi connectivity index (χ1v) is 11.7. The van der Waals surface area contributed by atoms with Crippen LogP contribution in [0.2, 0.25) is 10.0 Å². The number of hydrogen-bond acceptors (Lipinski definition) is 6. The number of fused-ring (bicyclic) bond motifs is 5. The number of rotatable bonds is 3. The van der Waals surface area contributed by atoms with Gasteiger partial charge in [0.2, 0.25) is 5.95 Å². The van der Waals surface area contributed by atoms with Crippen LogP contribution in [0.15, 0.2) is 42.6 Å². The summed E-state index contributed by atoms with van der Waals surface area (Å²) < 4.78 is 0. The van der Waals surface area contributed by atoms with Crippen LogP contribution < -0.4 is 20.4 Å². The van der Waals surface area contributed by atoms with Gasteiger partial charge in [0, 0.05) is 31.0 Å². The average Bonchev–Trinajstić information content (AvgIpc) is 3.19. The van der Waals surface area contributed by atoms with Gasteiger partial charge in [0.1, 0.15) is 11.4 Å². The smallest absolute Gasteiger partial charge is 0.265 e. The van der Waals surface area contributed by atoms with Gasteiger partial charge in [-0.2, -0.15) is 4.98 Å². The van der Waals surface area contributed by atoms with E-state index in [9.17, 15) is 4.79 Å². The summed E-state index contributed by atoms with van der Waals surface area (Å²) in [7, 11) is 1.88. The second-order valence-corrected chi connectivity index (χ2v) is 9.62. The first kappa shape index (κ1) is 20.7. The van der Waals surface area contributed by atoms with Crippen LogP contribution in [-0.2, 0) is 6.42 Å². The molecular weight excluding hydrogens is 459 g/mol. The number of aromatic nitrogens is 2. The van der Waals surface area contributed by atoms with Gasteiger partial charge in [-0.15, -0.1) is 0 Å². The maximum absolute atomic E-state index is 13.2. The summed E-state index contributed by atoms with van der Waals surface area (Å²) in [5, 5.41) is 7.84. The Bertz CT molecular complexity index is 1260. The molecule has 7 nitrogen and oxygen atoms in total. The Hall–Kier alpha value is -2.87. The lowest BCUT2D eigenvalue weighted by Crippen LogP contribution is -2.46. The van der Waals surface area contributed by atoms with Crippen LogP contribution >= 0.6 is 23.2 Å². The molecule has 3 aliphatic heterocycles. The van der Waals surface area contributed by atoms with Crippen molar-refractivity contribution in [3.63, 3.8) is 0 Å². The summed E-state index contributed by atoms with van der Waals surface area (Å²) in [6, 6.07) is 12.7. The highest BCUT2D eigenvalue weighted by Crippen LogP contribution is 2.39. The van der Waals surface area contributed by atoms with Crippen LogP contribution in [0.1, 0.15) is 40.4 Å². The minimum atomic E-state index is -0.236. The molecule has 1 saturated heterocycles. The van der Waals surface area contributed by atoms with Crippen molar-refractivity contribution in [3.05, 3.63) is 69.3 Å². The molecule has 1 amide bonds. The fraction of sp³-hybridized carbons (Fsp3) is 0.292. The highest BCUT2D eigenvalue weighted by Gasteiger charge is 2.34. The van der Waals surface area contributed by atoms with Gasteiger partial charge in [-0.1, -0.05) is 35.3 Å². The first-order valence-electron chi connectivity index (χ1n) is 11.0. The zero-order chi connectivity index (χ0) is 22.7. The third kappa shape index (κ3) is 3.51. The Balaban J connectivity index is 1.29. The Morgan fingerprint density at radius 2 is 1.97 bits per heavy atom. The predicted octanol–water partition coefficient (Wildman–Crippen LogP) is 4.93. The van der Waals surface area contributed by atoms with Gasteiger partial charge < -0.3 is 15.5 Å². The Labute approximate surface area is 201 Å². The van der Waals surface area contributed by atoms with Crippen LogP contribution in [0.3, 0.4) is 0 Å². The molecule has 2 atom stereocenters. The topological polar surface area (TPSA) is 73.4 Å². The van der Waals surface area contributed by atoms with Crippen molar-refractivity contribution in [1.29, 1.82) is 0 Å². The van der Waals surface area contributed by atoms with E-state index < -0.39 is 0 Å². The van der Waals surface area contributed by atoms with E-state index in [1.54, 1.807) is 29.3 Å². The molecule has 2 aromatic carbocycles. The summed E-state index contributed by atoms with van der Waals surface area (Å²) in [6.45, 7) is 0.277. The van der Waals surface area contributed by atoms with Crippen molar-refractivity contribution in [2.75, 3.05) is 28.8 Å². The number of nitrogens with one attached hydrogen (secondary N) is 2. The number of halogens is 2. The van der Waals surface area contributed by atoms with E-state index in [2.05, 4.69) is 38.8 Å². The molecule has 9 heteroatoms. The van der Waals surface area contributed by atoms with Gasteiger partial charge in [0.25, 0.3) is 5.91 Å². The number of hydrogen-bond donors (Lipinski definition) is 2. The minimum Gasteiger partial charge on any atom is -0.341 e. The van der Waals surface area contributed by atoms with Crippen molar-refractivity contribution in [3.8, 4) is 0 Å². The Morgan fingerprint density at radius 3 is 2.79 bits per heavy atom. The predicted molar refractivity (Wildman–Crippen MR) is 131 cm³/mol. The number of carbonyl (C=O) groups is 1. The standard InChI is InChI=1S/C24H22Cl2N6O/c1-31-12-32(21-18(25)3-2-4-19(21)26)23(33)17-11-27-24(30-22(17)31)29-15-6-5-13-9-14-7-8-20(28-14)16(13)10-15/h2-6,10-11,14,20,28H,7-9,12H2,1H3,(H,27,29,30). The van der Waals surface area contributed by atoms with Crippen molar-refractivity contribution in [1.82, 2.24) is 15.3 Å². The zero-order valence-electron chi connectivity index (χ0n) is 18.0. The average molecular weight is 481 g/mol. The van der Waals surface area contributed by atoms with E-state index in [-0.39, 0.29) is 12.6 Å². The Morgan fingerprint density at radius 1 is 1.15 bits per heavy atom. The number of carbonyl (C=O) groups excluding carboxylic acids is 1. The number of nitrogens with zero attached hydrogens (tertiary/aromatic N) is 4. The zero-order valence-corrected chi connectivity index (χ0v) is 19.5. The summed E-state index contributed by atoms with van der Waals surface area (Å²) >= 11 is 12.7. The normalized spacial score (nSPS) is 21.1. The minimum absolute atomic E-state index is 0.236. The van der Waals surface area contributed by atoms with E-state index in [1.807, 2.05) is 11.9 Å². The van der Waals surface area contributed by atoms with Crippen molar-refractivity contribution < 1.29 is 4.79 Å². The first-order chi connectivity index (χ1) is 16.0. The summed E-state index contributed by atoms with van der Waals surface area (Å²) in [5.74, 6) is 0.779. The van der Waals surface area contributed by atoms with Gasteiger partial charge in [-0.3, -0.25) is 9.69 Å². The van der Waals surface area contributed by atoms with E-state index in [0.29, 0.717) is 45.1 Å². The van der Waals surface area contributed by atoms with Crippen molar-refractivity contribution in [2.24, 2.45) is 0 Å². The molecule has 168 valence electrons. The molecule has 0 radical (unpaired) electrons. The van der Waals surface area contributed by atoms with Crippen LogP contribution in [-0.4, -0.2) is 35.6 Å². The molecule has 0 saturated carbocycles. The number of benzene rings is 2. The fourth-order valence-electron chi connectivity index (χ4n) is 5.09. The maximum atomic E-state index is 13.2. The molecule has 4 heterocycles. The van der Waals surface area contributed by atoms with Crippen molar-refractivity contribution >= 4 is 52.3 Å². The second kappa shape index (κ2) is 7.87. The van der Waals surface area contributed by atoms with E-state index in [1.165, 1.54) is 24.0 Å². The Kier molecular flexibility index (Phi) is 4.94. The van der Waals surface area contributed by atoms with E-state index in [0.717, 1.165) is 12.1 Å². The molecule has 6 rings (SSSR count). The monoisotopic (exact) mass is 480 g/mol. The molecule has 33 heavy (non-hydrogen) atoms. The van der Waals surface area contributed by atoms with Gasteiger partial charge in [0.15, 0.2) is 0 Å². The number of amides is 1. The van der Waals surface area contributed by atoms with Crippen molar-refractivity contribution in [2.45, 2.75) is 31.3 Å². The van der Waals surface area contributed by atoms with Gasteiger partial charge in [0.05, 0.1) is 22.4 Å². The van der Waals surface area contributed by atoms with E-state index in [4.69, 9.17) is 23.2 Å². The quantitative estimate of drug-likeness (QED) is 0.553. The molecule has 1 fully saturated rings. The molecule has 3 aliphatic rings. The lowest BCUT2D eigenvalue weighted by atomic mass is 9.94. The lowest BCUT2D eigenvalue weighted by Gasteiger charge is -2.35. The number of para-hydroxylation sites is 1. The van der Waals surface area contributed by atoms with Gasteiger partial charge >= 0.3 is 0 Å². The SMILES string of the molecule is CN1CN(c2c(Cl)cccc2Cl)C(=O)c2cnc(Nc3ccc4c(c3)C3CCC(C4)N3)nc21. The summed E-state index contributed by atoms with van der Waals surface area (Å²) in [6.07, 6.45) is 5.05. The van der Waals surface area contributed by atoms with E-state index >= 15 is 0 Å². The third-order valence-electron chi connectivity index (χ3n) is 6.65. The molecule has 2 N–H and O–H groups in total. The molecule has 2 bridgehead atoms. The van der Waals surface area contributed by atoms with Gasteiger partial charge in [-0.25, -0.2) is 4.98 Å². The van der Waals surface area contributed by atoms with Crippen LogP contribution in [0, 0.1) is 0 Å². The molecule has 0 spiro atoms. The second-order valence-electron chi connectivity index (χ2n) is 8.81.